The molecule has 9 heterocycles. The molecule has 3 fully saturated rings. The number of carbonyl (C=O) groups is 1. The van der Waals surface area contributed by atoms with Gasteiger partial charge in [-0.15, -0.1) is 0 Å². The van der Waals surface area contributed by atoms with Crippen molar-refractivity contribution in [3.05, 3.63) is 223 Å². The van der Waals surface area contributed by atoms with Crippen LogP contribution in [0, 0.1) is 23.7 Å². The van der Waals surface area contributed by atoms with Crippen LogP contribution in [-0.2, 0) is 4.74 Å². The average Bonchev–Trinajstić information content (AvgIpc) is 1.62. The number of allylic oxidation sites excluding steroid dienone is 6. The molecule has 14 nitrogen and oxygen atoms in total. The summed E-state index contributed by atoms with van der Waals surface area (Å²) in [4.78, 5) is 34.6. The molecule has 14 rings (SSSR count). The van der Waals surface area contributed by atoms with Crippen LogP contribution in [0.3, 0.4) is 0 Å². The number of esters is 1. The Morgan fingerprint density at radius 1 is 0.522 bits per heavy atom. The number of hydrogen-bond donors (Lipinski definition) is 3. The Hall–Kier alpha value is -8.14. The highest BCUT2D eigenvalue weighted by atomic mass is 16.5. The highest BCUT2D eigenvalue weighted by Gasteiger charge is 2.46. The van der Waals surface area contributed by atoms with E-state index in [0.717, 1.165) is 112 Å². The maximum absolute atomic E-state index is 14.1. The third-order valence-corrected chi connectivity index (χ3v) is 21.3. The molecular formula is C78H91N9O5. The van der Waals surface area contributed by atoms with E-state index in [-0.39, 0.29) is 42.7 Å². The van der Waals surface area contributed by atoms with E-state index in [4.69, 9.17) is 4.74 Å². The fourth-order valence-corrected chi connectivity index (χ4v) is 16.4. The van der Waals surface area contributed by atoms with Crippen molar-refractivity contribution in [3.63, 3.8) is 0 Å². The van der Waals surface area contributed by atoms with Crippen molar-refractivity contribution in [2.45, 2.75) is 128 Å². The number of nitrogens with zero attached hydrogens (tertiary/aromatic N) is 9. The van der Waals surface area contributed by atoms with Crippen molar-refractivity contribution in [2.24, 2.45) is 23.7 Å². The second kappa shape index (κ2) is 27.6. The van der Waals surface area contributed by atoms with Crippen molar-refractivity contribution in [1.29, 1.82) is 0 Å². The first kappa shape index (κ1) is 62.7. The number of piperidine rings is 3. The third kappa shape index (κ3) is 13.0. The molecule has 0 aliphatic carbocycles. The molecule has 0 bridgehead atoms. The standard InChI is InChI=1S/C54H58N6O4.C24H33N3O/c1-37-48-32-55-35-59(48)46(51(37)40-13-6-3-7-14-40)30-50(61)39-21-25-58(26-22-39)45-20-12-17-42(29-45)53(62)64-34-54(63,43-23-27-57(28-24-43)44-18-10-5-11-19-44)31-47-52(41-15-8-4-9-16-41)38(2)49-33-56-36-60(47)49;1-17(2)15-26-11-9-19(10-12-26)23(28)13-21-24(20-7-5-4-6-8-20)18(3)22-14-25-16-27(21)22/h3-20,29,32-33,35-36,39,43,46-47,50,61,63H,21-28,30-31,34H2,1-2H3;4-8,14,16-17,19,21,23,28H,9-13,15H2,1-3H3. The van der Waals surface area contributed by atoms with Gasteiger partial charge in [-0.3, -0.25) is 0 Å². The van der Waals surface area contributed by atoms with Gasteiger partial charge in [0.25, 0.3) is 0 Å². The monoisotopic (exact) mass is 1230 g/mol. The minimum Gasteiger partial charge on any atom is -0.459 e. The first-order valence-electron chi connectivity index (χ1n) is 33.8. The highest BCUT2D eigenvalue weighted by molar-refractivity contribution is 5.96. The van der Waals surface area contributed by atoms with Gasteiger partial charge >= 0.3 is 5.97 Å². The maximum Gasteiger partial charge on any atom is 0.338 e. The highest BCUT2D eigenvalue weighted by Crippen LogP contribution is 2.50. The van der Waals surface area contributed by atoms with Crippen LogP contribution in [0.1, 0.15) is 155 Å². The van der Waals surface area contributed by atoms with Crippen molar-refractivity contribution in [3.8, 4) is 0 Å². The van der Waals surface area contributed by atoms with Crippen molar-refractivity contribution >= 4 is 50.8 Å². The molecule has 8 aromatic rings. The fourth-order valence-electron chi connectivity index (χ4n) is 16.4. The first-order chi connectivity index (χ1) is 44.8. The van der Waals surface area contributed by atoms with Crippen molar-refractivity contribution in [1.82, 2.24) is 33.6 Å². The molecule has 3 saturated heterocycles. The van der Waals surface area contributed by atoms with Crippen LogP contribution in [0.5, 0.6) is 0 Å². The van der Waals surface area contributed by atoms with E-state index in [0.29, 0.717) is 30.2 Å². The molecule has 6 aliphatic heterocycles. The van der Waals surface area contributed by atoms with Crippen molar-refractivity contribution < 1.29 is 24.9 Å². The Morgan fingerprint density at radius 2 is 0.924 bits per heavy atom. The first-order valence-corrected chi connectivity index (χ1v) is 33.8. The van der Waals surface area contributed by atoms with Crippen LogP contribution in [0.4, 0.5) is 11.4 Å². The SMILES string of the molecule is CC1=C(c2ccccc2)C(CC(O)C2CCN(CC(C)C)CC2)n2cncc21.CC1=C(c2ccccc2)C(CC(O)C2CCN(c3cccc(C(=O)OCC(O)(CC4C(c5ccccc5)=C(C)c5cncn54)C4CCN(c5ccccc5)CC4)c3)CC2)n2cncc21. The number of aliphatic hydroxyl groups excluding tert-OH is 2. The lowest BCUT2D eigenvalue weighted by atomic mass is 9.75. The molecule has 0 radical (unpaired) electrons. The molecule has 0 saturated carbocycles. The smallest absolute Gasteiger partial charge is 0.338 e. The van der Waals surface area contributed by atoms with Crippen molar-refractivity contribution in [2.75, 3.05) is 62.2 Å². The summed E-state index contributed by atoms with van der Waals surface area (Å²) in [5.41, 5.74) is 15.6. The van der Waals surface area contributed by atoms with Crippen LogP contribution < -0.4 is 9.80 Å². The lowest BCUT2D eigenvalue weighted by Gasteiger charge is -2.43. The molecule has 6 aliphatic rings. The van der Waals surface area contributed by atoms with Gasteiger partial charge in [0.15, 0.2) is 0 Å². The largest absolute Gasteiger partial charge is 0.459 e. The molecule has 0 spiro atoms. The second-order valence-corrected chi connectivity index (χ2v) is 27.3. The van der Waals surface area contributed by atoms with Gasteiger partial charge in [-0.2, -0.15) is 0 Å². The number of hydrogen-bond acceptors (Lipinski definition) is 11. The van der Waals surface area contributed by atoms with Gasteiger partial charge in [0.05, 0.1) is 90.6 Å². The number of carbonyl (C=O) groups excluding carboxylic acids is 1. The van der Waals surface area contributed by atoms with E-state index < -0.39 is 17.7 Å². The number of likely N-dealkylation sites (tertiary alicyclic amines) is 1. The number of benzene rings is 5. The predicted molar refractivity (Wildman–Crippen MR) is 368 cm³/mol. The minimum atomic E-state index is -1.30. The summed E-state index contributed by atoms with van der Waals surface area (Å²) in [5, 5.41) is 35.9. The van der Waals surface area contributed by atoms with E-state index in [2.05, 4.69) is 181 Å². The molecule has 92 heavy (non-hydrogen) atoms. The lowest BCUT2D eigenvalue weighted by Crippen LogP contribution is -2.49. The Morgan fingerprint density at radius 3 is 1.39 bits per heavy atom. The molecule has 478 valence electrons. The summed E-state index contributed by atoms with van der Waals surface area (Å²) in [5.74, 6) is 0.735. The molecule has 3 aromatic heterocycles. The maximum atomic E-state index is 14.1. The summed E-state index contributed by atoms with van der Waals surface area (Å²) in [6.07, 6.45) is 17.9. The predicted octanol–water partition coefficient (Wildman–Crippen LogP) is 14.1. The fraction of sp³-hybridized carbons (Fsp3) is 0.410. The number of rotatable bonds is 19. The van der Waals surface area contributed by atoms with Crippen LogP contribution >= 0.6 is 0 Å². The van der Waals surface area contributed by atoms with E-state index in [1.165, 1.54) is 56.9 Å². The molecule has 3 N–H and O–H groups in total. The molecule has 5 aromatic carbocycles. The average molecular weight is 1230 g/mol. The summed E-state index contributed by atoms with van der Waals surface area (Å²) >= 11 is 0. The van der Waals surface area contributed by atoms with Crippen LogP contribution in [0.25, 0.3) is 33.4 Å². The van der Waals surface area contributed by atoms with Gasteiger partial charge in [0.2, 0.25) is 0 Å². The van der Waals surface area contributed by atoms with E-state index in [9.17, 15) is 20.1 Å². The lowest BCUT2D eigenvalue weighted by molar-refractivity contribution is -0.0859. The van der Waals surface area contributed by atoms with Gasteiger partial charge in [-0.25, -0.2) is 19.7 Å². The Kier molecular flexibility index (Phi) is 18.8. The zero-order chi connectivity index (χ0) is 63.5. The quantitative estimate of drug-likeness (QED) is 0.0664. The minimum absolute atomic E-state index is 0.0309. The Bertz CT molecular complexity index is 3880. The second-order valence-electron chi connectivity index (χ2n) is 27.3. The van der Waals surface area contributed by atoms with E-state index in [1.807, 2.05) is 74.0 Å². The Labute approximate surface area is 543 Å². The van der Waals surface area contributed by atoms with Gasteiger partial charge < -0.3 is 48.5 Å². The van der Waals surface area contributed by atoms with Gasteiger partial charge in [0, 0.05) is 50.5 Å². The summed E-state index contributed by atoms with van der Waals surface area (Å²) in [6, 6.07) is 49.7. The number of para-hydroxylation sites is 1. The number of imidazole rings is 3. The van der Waals surface area contributed by atoms with Crippen LogP contribution in [-0.4, -0.2) is 125 Å². The summed E-state index contributed by atoms with van der Waals surface area (Å²) in [7, 11) is 0. The number of aromatic nitrogens is 6. The normalized spacial score (nSPS) is 21.1. The molecule has 0 amide bonds. The zero-order valence-corrected chi connectivity index (χ0v) is 54.2. The molecule has 6 atom stereocenters. The summed E-state index contributed by atoms with van der Waals surface area (Å²) < 4.78 is 12.9. The molecule has 14 heteroatoms. The number of aliphatic hydroxyl groups is 3. The number of fused-ring (bicyclic) bond motifs is 3. The molecular weight excluding hydrogens is 1140 g/mol. The van der Waals surface area contributed by atoms with Crippen LogP contribution in [0.2, 0.25) is 0 Å². The zero-order valence-electron chi connectivity index (χ0n) is 54.2. The van der Waals surface area contributed by atoms with Crippen LogP contribution in [0.15, 0.2) is 183 Å². The van der Waals surface area contributed by atoms with Gasteiger partial charge in [-0.1, -0.05) is 129 Å². The third-order valence-electron chi connectivity index (χ3n) is 21.3. The molecule has 6 unspecified atom stereocenters. The van der Waals surface area contributed by atoms with Gasteiger partial charge in [0.1, 0.15) is 12.2 Å². The Balaban J connectivity index is 0.000000230. The van der Waals surface area contributed by atoms with E-state index in [1.54, 1.807) is 6.07 Å². The van der Waals surface area contributed by atoms with Gasteiger partial charge in [-0.05, 0) is 189 Å². The number of anilines is 2. The summed E-state index contributed by atoms with van der Waals surface area (Å²) in [6.45, 7) is 17.5. The van der Waals surface area contributed by atoms with E-state index >= 15 is 0 Å². The topological polar surface area (TPSA) is 150 Å². The number of ether oxygens (including phenoxy) is 1.